The van der Waals surface area contributed by atoms with Crippen LogP contribution in [0.2, 0.25) is 0 Å². The molecule has 3 unspecified atom stereocenters. The summed E-state index contributed by atoms with van der Waals surface area (Å²) in [6.07, 6.45) is 1.97. The number of guanidine groups is 1. The Morgan fingerprint density at radius 2 is 2.07 bits per heavy atom. The molecular weight excluding hydrogens is 453 g/mol. The molecule has 1 aromatic carbocycles. The molecule has 0 aliphatic carbocycles. The van der Waals surface area contributed by atoms with Crippen molar-refractivity contribution in [3.8, 4) is 0 Å². The third-order valence-electron chi connectivity index (χ3n) is 5.05. The highest BCUT2D eigenvalue weighted by molar-refractivity contribution is 14.0. The van der Waals surface area contributed by atoms with Gasteiger partial charge in [0.25, 0.3) is 0 Å². The number of aliphatic hydroxyl groups excluding tert-OH is 1. The van der Waals surface area contributed by atoms with Gasteiger partial charge >= 0.3 is 0 Å². The quantitative estimate of drug-likeness (QED) is 0.383. The fourth-order valence-corrected chi connectivity index (χ4v) is 3.70. The summed E-state index contributed by atoms with van der Waals surface area (Å²) in [6.45, 7) is 7.41. The van der Waals surface area contributed by atoms with Crippen molar-refractivity contribution in [2.45, 2.75) is 32.3 Å². The van der Waals surface area contributed by atoms with Crippen LogP contribution < -0.4 is 5.32 Å². The van der Waals surface area contributed by atoms with E-state index in [2.05, 4.69) is 59.4 Å². The average molecular weight is 483 g/mol. The lowest BCUT2D eigenvalue weighted by atomic mass is 9.82. The number of rotatable bonds is 5. The third-order valence-corrected chi connectivity index (χ3v) is 5.05. The number of aliphatic hydroxyl groups is 1. The number of hydrogen-bond donors (Lipinski definition) is 2. The Kier molecular flexibility index (Phi) is 8.63. The molecule has 0 spiro atoms. The fourth-order valence-electron chi connectivity index (χ4n) is 3.70. The minimum atomic E-state index is -0.710. The first kappa shape index (κ1) is 21.8. The number of piperidine rings is 1. The molecule has 3 rings (SSSR count). The molecule has 0 radical (unpaired) electrons. The van der Waals surface area contributed by atoms with Crippen LogP contribution in [-0.2, 0) is 0 Å². The van der Waals surface area contributed by atoms with Crippen LogP contribution >= 0.6 is 24.0 Å². The highest BCUT2D eigenvalue weighted by atomic mass is 127. The third kappa shape index (κ3) is 5.72. The molecule has 2 N–H and O–H groups in total. The van der Waals surface area contributed by atoms with E-state index in [1.165, 1.54) is 5.56 Å². The van der Waals surface area contributed by atoms with E-state index in [0.717, 1.165) is 32.0 Å². The second-order valence-electron chi connectivity index (χ2n) is 6.95. The molecular formula is C21H30IN3O2. The first-order valence-corrected chi connectivity index (χ1v) is 9.48. The molecule has 27 heavy (non-hydrogen) atoms. The molecule has 148 valence electrons. The van der Waals surface area contributed by atoms with Gasteiger partial charge in [-0.25, -0.2) is 4.99 Å². The maximum atomic E-state index is 10.2. The molecule has 1 aromatic heterocycles. The molecule has 3 atom stereocenters. The van der Waals surface area contributed by atoms with Crippen LogP contribution in [0.4, 0.5) is 0 Å². The molecule has 1 aliphatic heterocycles. The predicted molar refractivity (Wildman–Crippen MR) is 120 cm³/mol. The first-order chi connectivity index (χ1) is 12.7. The van der Waals surface area contributed by atoms with Gasteiger partial charge < -0.3 is 19.7 Å². The van der Waals surface area contributed by atoms with E-state index in [4.69, 9.17) is 4.42 Å². The molecule has 1 fully saturated rings. The highest BCUT2D eigenvalue weighted by Gasteiger charge is 2.28. The van der Waals surface area contributed by atoms with E-state index in [1.54, 1.807) is 18.4 Å². The Balaban J connectivity index is 0.00000261. The largest absolute Gasteiger partial charge is 0.467 e. The number of benzene rings is 1. The summed E-state index contributed by atoms with van der Waals surface area (Å²) in [5.74, 6) is 2.56. The zero-order valence-electron chi connectivity index (χ0n) is 16.0. The topological polar surface area (TPSA) is 61.0 Å². The minimum absolute atomic E-state index is 0. The normalized spacial score (nSPS) is 21.4. The Bertz CT molecular complexity index is 691. The Morgan fingerprint density at radius 3 is 2.70 bits per heavy atom. The van der Waals surface area contributed by atoms with Gasteiger partial charge in [0.15, 0.2) is 5.96 Å². The lowest BCUT2D eigenvalue weighted by molar-refractivity contribution is 0.157. The van der Waals surface area contributed by atoms with E-state index in [1.807, 2.05) is 0 Å². The molecule has 0 bridgehead atoms. The SMILES string of the molecule is CCNC(=NCC(O)c1ccco1)N1CCC(c2ccccc2)C(C)C1.I. The molecule has 1 aliphatic rings. The molecule has 6 heteroatoms. The van der Waals surface area contributed by atoms with Gasteiger partial charge in [0, 0.05) is 19.6 Å². The van der Waals surface area contributed by atoms with Crippen molar-refractivity contribution in [2.24, 2.45) is 10.9 Å². The van der Waals surface area contributed by atoms with Crippen molar-refractivity contribution in [2.75, 3.05) is 26.2 Å². The smallest absolute Gasteiger partial charge is 0.194 e. The van der Waals surface area contributed by atoms with Crippen LogP contribution in [0.15, 0.2) is 58.1 Å². The van der Waals surface area contributed by atoms with E-state index in [9.17, 15) is 5.11 Å². The van der Waals surface area contributed by atoms with Gasteiger partial charge in [-0.3, -0.25) is 0 Å². The van der Waals surface area contributed by atoms with Gasteiger partial charge in [-0.05, 0) is 42.9 Å². The maximum Gasteiger partial charge on any atom is 0.194 e. The number of aliphatic imine (C=N–C) groups is 1. The molecule has 0 amide bonds. The van der Waals surface area contributed by atoms with Crippen LogP contribution in [0.25, 0.3) is 0 Å². The van der Waals surface area contributed by atoms with E-state index >= 15 is 0 Å². The number of halogens is 1. The van der Waals surface area contributed by atoms with Crippen LogP contribution in [0.3, 0.4) is 0 Å². The van der Waals surface area contributed by atoms with Crippen molar-refractivity contribution in [1.29, 1.82) is 0 Å². The van der Waals surface area contributed by atoms with Crippen molar-refractivity contribution in [3.05, 3.63) is 60.1 Å². The zero-order chi connectivity index (χ0) is 18.4. The van der Waals surface area contributed by atoms with E-state index in [-0.39, 0.29) is 24.0 Å². The van der Waals surface area contributed by atoms with Gasteiger partial charge in [0.05, 0.1) is 12.8 Å². The Hall–Kier alpha value is -1.54. The molecule has 5 nitrogen and oxygen atoms in total. The van der Waals surface area contributed by atoms with Gasteiger partial charge in [-0.2, -0.15) is 0 Å². The van der Waals surface area contributed by atoms with Crippen LogP contribution in [0.1, 0.15) is 43.6 Å². The number of furan rings is 1. The van der Waals surface area contributed by atoms with Gasteiger partial charge in [0.2, 0.25) is 0 Å². The van der Waals surface area contributed by atoms with E-state index in [0.29, 0.717) is 24.1 Å². The van der Waals surface area contributed by atoms with Gasteiger partial charge in [-0.1, -0.05) is 37.3 Å². The highest BCUT2D eigenvalue weighted by Crippen LogP contribution is 2.32. The molecule has 2 aromatic rings. The zero-order valence-corrected chi connectivity index (χ0v) is 18.4. The lowest BCUT2D eigenvalue weighted by Crippen LogP contribution is -2.48. The fraction of sp³-hybridized carbons (Fsp3) is 0.476. The number of hydrogen-bond acceptors (Lipinski definition) is 3. The summed E-state index contributed by atoms with van der Waals surface area (Å²) >= 11 is 0. The van der Waals surface area contributed by atoms with E-state index < -0.39 is 6.10 Å². The summed E-state index contributed by atoms with van der Waals surface area (Å²) in [7, 11) is 0. The van der Waals surface area contributed by atoms with Crippen molar-refractivity contribution in [1.82, 2.24) is 10.2 Å². The molecule has 0 saturated carbocycles. The first-order valence-electron chi connectivity index (χ1n) is 9.48. The second kappa shape index (κ2) is 10.7. The van der Waals surface area contributed by atoms with Crippen molar-refractivity contribution < 1.29 is 9.52 Å². The lowest BCUT2D eigenvalue weighted by Gasteiger charge is -2.39. The van der Waals surface area contributed by atoms with Crippen LogP contribution in [0, 0.1) is 5.92 Å². The number of likely N-dealkylation sites (tertiary alicyclic amines) is 1. The van der Waals surface area contributed by atoms with Gasteiger partial charge in [-0.15, -0.1) is 24.0 Å². The monoisotopic (exact) mass is 483 g/mol. The Labute approximate surface area is 178 Å². The summed E-state index contributed by atoms with van der Waals surface area (Å²) in [6, 6.07) is 14.3. The van der Waals surface area contributed by atoms with Crippen LogP contribution in [0.5, 0.6) is 0 Å². The number of nitrogens with one attached hydrogen (secondary N) is 1. The number of nitrogens with zero attached hydrogens (tertiary/aromatic N) is 2. The summed E-state index contributed by atoms with van der Waals surface area (Å²) in [5, 5.41) is 13.6. The summed E-state index contributed by atoms with van der Waals surface area (Å²) in [4.78, 5) is 6.95. The Morgan fingerprint density at radius 1 is 1.30 bits per heavy atom. The van der Waals surface area contributed by atoms with Crippen LogP contribution in [-0.4, -0.2) is 42.1 Å². The maximum absolute atomic E-state index is 10.2. The standard InChI is InChI=1S/C21H29N3O2.HI/c1-3-22-21(23-14-19(25)20-10-7-13-26-20)24-12-11-18(16(2)15-24)17-8-5-4-6-9-17;/h4-10,13,16,18-19,25H,3,11-12,14-15H2,1-2H3,(H,22,23);1H. The summed E-state index contributed by atoms with van der Waals surface area (Å²) in [5.41, 5.74) is 1.43. The molecule has 2 heterocycles. The van der Waals surface area contributed by atoms with Gasteiger partial charge in [0.1, 0.15) is 11.9 Å². The second-order valence-corrected chi connectivity index (χ2v) is 6.95. The average Bonchev–Trinajstić information content (AvgIpc) is 3.20. The van der Waals surface area contributed by atoms with Crippen molar-refractivity contribution in [3.63, 3.8) is 0 Å². The molecule has 1 saturated heterocycles. The predicted octanol–water partition coefficient (Wildman–Crippen LogP) is 4.02. The minimum Gasteiger partial charge on any atom is -0.467 e. The summed E-state index contributed by atoms with van der Waals surface area (Å²) < 4.78 is 5.26. The van der Waals surface area contributed by atoms with Crippen molar-refractivity contribution >= 4 is 29.9 Å².